The first kappa shape index (κ1) is 13.0. The summed E-state index contributed by atoms with van der Waals surface area (Å²) in [5.41, 5.74) is 4.52. The number of nitrogens with one attached hydrogen (secondary N) is 2. The standard InChI is InChI=1S/C13H15N5O/c1-8-4-3-5-15-12(8)17-13(19)10-6-9(2)16-11(7-10)18-14/h3-7H,14H2,1-2H3,(H,16,18)(H,15,17,19). The molecule has 0 atom stereocenters. The zero-order chi connectivity index (χ0) is 13.8. The second kappa shape index (κ2) is 5.45. The van der Waals surface area contributed by atoms with Gasteiger partial charge in [-0.2, -0.15) is 0 Å². The van der Waals surface area contributed by atoms with E-state index in [1.165, 1.54) is 0 Å². The van der Waals surface area contributed by atoms with Crippen LogP contribution < -0.4 is 16.6 Å². The van der Waals surface area contributed by atoms with E-state index < -0.39 is 0 Å². The van der Waals surface area contributed by atoms with Crippen molar-refractivity contribution in [2.24, 2.45) is 5.84 Å². The molecule has 2 aromatic rings. The van der Waals surface area contributed by atoms with Gasteiger partial charge in [-0.1, -0.05) is 6.07 Å². The first-order valence-corrected chi connectivity index (χ1v) is 5.78. The number of rotatable bonds is 3. The van der Waals surface area contributed by atoms with Crippen LogP contribution in [0.1, 0.15) is 21.6 Å². The highest BCUT2D eigenvalue weighted by atomic mass is 16.1. The van der Waals surface area contributed by atoms with Gasteiger partial charge in [-0.3, -0.25) is 4.79 Å². The molecule has 0 spiro atoms. The van der Waals surface area contributed by atoms with Crippen molar-refractivity contribution in [1.82, 2.24) is 9.97 Å². The minimum atomic E-state index is -0.246. The van der Waals surface area contributed by atoms with Crippen LogP contribution >= 0.6 is 0 Å². The summed E-state index contributed by atoms with van der Waals surface area (Å²) < 4.78 is 0. The monoisotopic (exact) mass is 257 g/mol. The number of anilines is 2. The van der Waals surface area contributed by atoms with Crippen LogP contribution in [0.3, 0.4) is 0 Å². The first-order valence-electron chi connectivity index (χ1n) is 5.78. The number of hydrogen-bond acceptors (Lipinski definition) is 5. The predicted molar refractivity (Wildman–Crippen MR) is 73.7 cm³/mol. The van der Waals surface area contributed by atoms with E-state index in [1.54, 1.807) is 25.3 Å². The summed E-state index contributed by atoms with van der Waals surface area (Å²) >= 11 is 0. The van der Waals surface area contributed by atoms with Gasteiger partial charge in [-0.05, 0) is 37.6 Å². The van der Waals surface area contributed by atoms with Crippen molar-refractivity contribution in [2.75, 3.05) is 10.7 Å². The fourth-order valence-corrected chi connectivity index (χ4v) is 1.67. The number of hydrogen-bond donors (Lipinski definition) is 3. The van der Waals surface area contributed by atoms with E-state index in [2.05, 4.69) is 20.7 Å². The topological polar surface area (TPSA) is 92.9 Å². The summed E-state index contributed by atoms with van der Waals surface area (Å²) in [5.74, 6) is 6.05. The van der Waals surface area contributed by atoms with Gasteiger partial charge in [0.05, 0.1) is 0 Å². The van der Waals surface area contributed by atoms with Crippen LogP contribution in [0.25, 0.3) is 0 Å². The number of pyridine rings is 2. The molecule has 6 heteroatoms. The molecule has 0 aliphatic rings. The molecular formula is C13H15N5O. The summed E-state index contributed by atoms with van der Waals surface area (Å²) in [6.07, 6.45) is 1.63. The summed E-state index contributed by atoms with van der Waals surface area (Å²) in [7, 11) is 0. The number of carbonyl (C=O) groups is 1. The molecule has 0 saturated carbocycles. The molecule has 0 aliphatic carbocycles. The number of carbonyl (C=O) groups excluding carboxylic acids is 1. The smallest absolute Gasteiger partial charge is 0.257 e. The Hall–Kier alpha value is -2.47. The quantitative estimate of drug-likeness (QED) is 0.574. The molecule has 0 unspecified atom stereocenters. The van der Waals surface area contributed by atoms with Crippen molar-refractivity contribution < 1.29 is 4.79 Å². The SMILES string of the molecule is Cc1cc(C(=O)Nc2ncccc2C)cc(NN)n1. The van der Waals surface area contributed by atoms with Gasteiger partial charge >= 0.3 is 0 Å². The maximum Gasteiger partial charge on any atom is 0.257 e. The zero-order valence-corrected chi connectivity index (χ0v) is 10.8. The van der Waals surface area contributed by atoms with Crippen molar-refractivity contribution in [2.45, 2.75) is 13.8 Å². The number of amides is 1. The Bertz CT molecular complexity index is 612. The summed E-state index contributed by atoms with van der Waals surface area (Å²) in [4.78, 5) is 20.4. The third-order valence-electron chi connectivity index (χ3n) is 2.60. The lowest BCUT2D eigenvalue weighted by atomic mass is 10.2. The van der Waals surface area contributed by atoms with Gasteiger partial charge in [0.2, 0.25) is 0 Å². The van der Waals surface area contributed by atoms with Crippen LogP contribution in [0, 0.1) is 13.8 Å². The van der Waals surface area contributed by atoms with Gasteiger partial charge in [-0.15, -0.1) is 0 Å². The van der Waals surface area contributed by atoms with Gasteiger partial charge in [-0.25, -0.2) is 15.8 Å². The van der Waals surface area contributed by atoms with Gasteiger partial charge in [0.15, 0.2) is 0 Å². The van der Waals surface area contributed by atoms with Crippen LogP contribution in [0.2, 0.25) is 0 Å². The molecule has 0 bridgehead atoms. The van der Waals surface area contributed by atoms with Crippen molar-refractivity contribution >= 4 is 17.5 Å². The fraction of sp³-hybridized carbons (Fsp3) is 0.154. The fourth-order valence-electron chi connectivity index (χ4n) is 1.67. The molecule has 4 N–H and O–H groups in total. The molecule has 6 nitrogen and oxygen atoms in total. The van der Waals surface area contributed by atoms with E-state index in [0.717, 1.165) is 5.56 Å². The van der Waals surface area contributed by atoms with Crippen molar-refractivity contribution in [3.8, 4) is 0 Å². The molecule has 1 amide bonds. The molecule has 0 saturated heterocycles. The first-order chi connectivity index (χ1) is 9.10. The van der Waals surface area contributed by atoms with E-state index in [0.29, 0.717) is 22.9 Å². The van der Waals surface area contributed by atoms with Crippen LogP contribution in [-0.4, -0.2) is 15.9 Å². The summed E-state index contributed by atoms with van der Waals surface area (Å²) in [6.45, 7) is 3.68. The Labute approximate surface area is 111 Å². The highest BCUT2D eigenvalue weighted by Crippen LogP contribution is 2.14. The van der Waals surface area contributed by atoms with Crippen molar-refractivity contribution in [3.05, 3.63) is 47.3 Å². The maximum atomic E-state index is 12.1. The van der Waals surface area contributed by atoms with Crippen LogP contribution in [0.5, 0.6) is 0 Å². The Morgan fingerprint density at radius 3 is 2.79 bits per heavy atom. The second-order valence-corrected chi connectivity index (χ2v) is 4.15. The molecule has 2 heterocycles. The predicted octanol–water partition coefficient (Wildman–Crippen LogP) is 1.63. The summed E-state index contributed by atoms with van der Waals surface area (Å²) in [6, 6.07) is 6.97. The van der Waals surface area contributed by atoms with E-state index in [9.17, 15) is 4.79 Å². The third-order valence-corrected chi connectivity index (χ3v) is 2.60. The van der Waals surface area contributed by atoms with Crippen molar-refractivity contribution in [3.63, 3.8) is 0 Å². The average molecular weight is 257 g/mol. The lowest BCUT2D eigenvalue weighted by molar-refractivity contribution is 0.102. The van der Waals surface area contributed by atoms with Gasteiger partial charge < -0.3 is 10.7 Å². The van der Waals surface area contributed by atoms with E-state index in [1.807, 2.05) is 19.1 Å². The molecule has 2 aromatic heterocycles. The zero-order valence-electron chi connectivity index (χ0n) is 10.8. The maximum absolute atomic E-state index is 12.1. The van der Waals surface area contributed by atoms with E-state index >= 15 is 0 Å². The normalized spacial score (nSPS) is 10.1. The second-order valence-electron chi connectivity index (χ2n) is 4.15. The largest absolute Gasteiger partial charge is 0.308 e. The Balaban J connectivity index is 2.25. The number of nitrogen functional groups attached to an aromatic ring is 1. The Morgan fingerprint density at radius 2 is 2.11 bits per heavy atom. The minimum Gasteiger partial charge on any atom is -0.308 e. The lowest BCUT2D eigenvalue weighted by Gasteiger charge is -2.08. The molecule has 0 aromatic carbocycles. The number of aromatic nitrogens is 2. The van der Waals surface area contributed by atoms with Gasteiger partial charge in [0.1, 0.15) is 11.6 Å². The average Bonchev–Trinajstić information content (AvgIpc) is 2.40. The van der Waals surface area contributed by atoms with Crippen LogP contribution in [-0.2, 0) is 0 Å². The molecule has 0 aliphatic heterocycles. The molecule has 0 fully saturated rings. The highest BCUT2D eigenvalue weighted by molar-refractivity contribution is 6.04. The molecule has 2 rings (SSSR count). The molecular weight excluding hydrogens is 242 g/mol. The van der Waals surface area contributed by atoms with E-state index in [4.69, 9.17) is 5.84 Å². The number of hydrazine groups is 1. The van der Waals surface area contributed by atoms with E-state index in [-0.39, 0.29) is 5.91 Å². The van der Waals surface area contributed by atoms with Gasteiger partial charge in [0, 0.05) is 17.5 Å². The molecule has 98 valence electrons. The molecule has 19 heavy (non-hydrogen) atoms. The lowest BCUT2D eigenvalue weighted by Crippen LogP contribution is -2.16. The highest BCUT2D eigenvalue weighted by Gasteiger charge is 2.10. The summed E-state index contributed by atoms with van der Waals surface area (Å²) in [5, 5.41) is 2.76. The minimum absolute atomic E-state index is 0.246. The Morgan fingerprint density at radius 1 is 1.32 bits per heavy atom. The third kappa shape index (κ3) is 3.05. The Kier molecular flexibility index (Phi) is 3.72. The van der Waals surface area contributed by atoms with Gasteiger partial charge in [0.25, 0.3) is 5.91 Å². The van der Waals surface area contributed by atoms with Crippen molar-refractivity contribution in [1.29, 1.82) is 0 Å². The van der Waals surface area contributed by atoms with Crippen LogP contribution in [0.15, 0.2) is 30.5 Å². The number of nitrogens with two attached hydrogens (primary N) is 1. The number of nitrogens with zero attached hydrogens (tertiary/aromatic N) is 2. The molecule has 0 radical (unpaired) electrons. The number of aryl methyl sites for hydroxylation is 2. The van der Waals surface area contributed by atoms with Crippen LogP contribution in [0.4, 0.5) is 11.6 Å².